The quantitative estimate of drug-likeness (QED) is 0.150. The van der Waals surface area contributed by atoms with Gasteiger partial charge in [-0.15, -0.1) is 0 Å². The number of hydrogen-bond acceptors (Lipinski definition) is 3. The van der Waals surface area contributed by atoms with E-state index < -0.39 is 0 Å². The normalized spacial score (nSPS) is 10.7. The summed E-state index contributed by atoms with van der Waals surface area (Å²) in [5, 5.41) is 0. The van der Waals surface area contributed by atoms with Crippen LogP contribution in [0.25, 0.3) is 33.4 Å². The van der Waals surface area contributed by atoms with Crippen LogP contribution in [0.5, 0.6) is 0 Å². The van der Waals surface area contributed by atoms with Gasteiger partial charge in [0.1, 0.15) is 0 Å². The molecule has 6 heteroatoms. The molecule has 0 heterocycles. The van der Waals surface area contributed by atoms with Gasteiger partial charge in [0.25, 0.3) is 0 Å². The molecule has 3 amide bonds. The van der Waals surface area contributed by atoms with E-state index in [9.17, 15) is 14.4 Å². The highest BCUT2D eigenvalue weighted by atomic mass is 16.2. The molecule has 0 aliphatic heterocycles. The summed E-state index contributed by atoms with van der Waals surface area (Å²) < 4.78 is 0. The number of hydrogen-bond donors (Lipinski definition) is 0. The zero-order chi connectivity index (χ0) is 37.6. The molecule has 6 nitrogen and oxygen atoms in total. The van der Waals surface area contributed by atoms with Gasteiger partial charge in [-0.1, -0.05) is 146 Å². The average molecular weight is 706 g/mol. The molecule has 0 bridgehead atoms. The minimum Gasteiger partial charge on any atom is -0.281 e. The van der Waals surface area contributed by atoms with Crippen molar-refractivity contribution in [1.82, 2.24) is 0 Å². The van der Waals surface area contributed by atoms with E-state index in [1.165, 1.54) is 20.8 Å². The summed E-state index contributed by atoms with van der Waals surface area (Å²) in [5.41, 5.74) is 8.87. The molecule has 0 atom stereocenters. The number of carbonyl (C=O) groups excluding carboxylic acids is 3. The predicted molar refractivity (Wildman–Crippen MR) is 221 cm³/mol. The molecule has 0 fully saturated rings. The van der Waals surface area contributed by atoms with Crippen LogP contribution in [-0.4, -0.2) is 17.7 Å². The van der Waals surface area contributed by atoms with E-state index in [1.54, 1.807) is 14.7 Å². The number of benzene rings is 7. The lowest BCUT2D eigenvalue weighted by atomic mass is 10.0. The van der Waals surface area contributed by atoms with Crippen LogP contribution in [0.4, 0.5) is 34.1 Å². The van der Waals surface area contributed by atoms with Crippen molar-refractivity contribution in [3.8, 4) is 33.4 Å². The van der Waals surface area contributed by atoms with Crippen LogP contribution in [0.1, 0.15) is 20.8 Å². The molecule has 264 valence electrons. The molecule has 0 saturated carbocycles. The number of nitrogens with zero attached hydrogens (tertiary/aromatic N) is 3. The Bertz CT molecular complexity index is 2160. The van der Waals surface area contributed by atoms with E-state index in [4.69, 9.17) is 0 Å². The first-order chi connectivity index (χ1) is 26.3. The summed E-state index contributed by atoms with van der Waals surface area (Å²) in [4.78, 5) is 46.8. The van der Waals surface area contributed by atoms with Crippen LogP contribution in [-0.2, 0) is 14.4 Å². The lowest BCUT2D eigenvalue weighted by Crippen LogP contribution is -2.28. The molecular weight excluding hydrogens is 667 g/mol. The van der Waals surface area contributed by atoms with Crippen molar-refractivity contribution in [3.05, 3.63) is 182 Å². The van der Waals surface area contributed by atoms with Gasteiger partial charge >= 0.3 is 0 Å². The maximum absolute atomic E-state index is 13.9. The summed E-state index contributed by atoms with van der Waals surface area (Å²) >= 11 is 0. The summed E-state index contributed by atoms with van der Waals surface area (Å²) in [5.74, 6) is -0.709. The van der Waals surface area contributed by atoms with E-state index in [2.05, 4.69) is 0 Å². The molecule has 7 rings (SSSR count). The van der Waals surface area contributed by atoms with Gasteiger partial charge < -0.3 is 0 Å². The van der Waals surface area contributed by atoms with Gasteiger partial charge in [0.05, 0.1) is 34.1 Å². The molecular formula is C48H39N3O3. The van der Waals surface area contributed by atoms with Crippen molar-refractivity contribution < 1.29 is 14.4 Å². The second-order valence-electron chi connectivity index (χ2n) is 12.9. The Morgan fingerprint density at radius 2 is 0.537 bits per heavy atom. The Hall–Kier alpha value is -7.05. The predicted octanol–water partition coefficient (Wildman–Crippen LogP) is 11.7. The number of rotatable bonds is 9. The smallest absolute Gasteiger partial charge is 0.228 e. The Morgan fingerprint density at radius 3 is 0.778 bits per heavy atom. The van der Waals surface area contributed by atoms with Crippen molar-refractivity contribution in [3.63, 3.8) is 0 Å². The highest BCUT2D eigenvalue weighted by molar-refractivity contribution is 6.09. The molecule has 0 spiro atoms. The topological polar surface area (TPSA) is 60.9 Å². The van der Waals surface area contributed by atoms with Crippen LogP contribution in [0.15, 0.2) is 182 Å². The lowest BCUT2D eigenvalue weighted by molar-refractivity contribution is -0.116. The Kier molecular flexibility index (Phi) is 10.3. The molecule has 7 aromatic rings. The molecule has 0 radical (unpaired) electrons. The van der Waals surface area contributed by atoms with Gasteiger partial charge in [-0.2, -0.15) is 0 Å². The fourth-order valence-electron chi connectivity index (χ4n) is 7.03. The summed E-state index contributed by atoms with van der Waals surface area (Å²) in [6.07, 6.45) is 0. The van der Waals surface area contributed by atoms with Gasteiger partial charge in [-0.25, -0.2) is 0 Å². The van der Waals surface area contributed by atoms with Gasteiger partial charge in [-0.3, -0.25) is 29.1 Å². The van der Waals surface area contributed by atoms with Gasteiger partial charge in [0.2, 0.25) is 17.7 Å². The molecule has 0 saturated heterocycles. The van der Waals surface area contributed by atoms with E-state index >= 15 is 0 Å². The summed E-state index contributed by atoms with van der Waals surface area (Å²) in [6.45, 7) is 4.57. The van der Waals surface area contributed by atoms with Crippen LogP contribution in [0, 0.1) is 0 Å². The van der Waals surface area contributed by atoms with Crippen molar-refractivity contribution in [2.45, 2.75) is 20.8 Å². The average Bonchev–Trinajstić information content (AvgIpc) is 3.19. The van der Waals surface area contributed by atoms with E-state index in [1.807, 2.05) is 182 Å². The fourth-order valence-corrected chi connectivity index (χ4v) is 7.03. The second-order valence-corrected chi connectivity index (χ2v) is 12.9. The van der Waals surface area contributed by atoms with Crippen molar-refractivity contribution in [1.29, 1.82) is 0 Å². The maximum atomic E-state index is 13.9. The van der Waals surface area contributed by atoms with Gasteiger partial charge in [-0.05, 0) is 53.1 Å². The van der Waals surface area contributed by atoms with Gasteiger partial charge in [0, 0.05) is 37.5 Å². The molecule has 0 N–H and O–H groups in total. The SMILES string of the molecule is CC(=O)N(c1cc(N(C(C)=O)c2ccccc2-c2ccccc2)cc(N(C(C)=O)c2ccccc2-c2ccccc2)c1)c1ccccc1-c1ccccc1. The fraction of sp³-hybridized carbons (Fsp3) is 0.0625. The third kappa shape index (κ3) is 7.18. The maximum Gasteiger partial charge on any atom is 0.228 e. The minimum atomic E-state index is -0.236. The van der Waals surface area contributed by atoms with E-state index in [-0.39, 0.29) is 17.7 Å². The lowest BCUT2D eigenvalue weighted by Gasteiger charge is -2.31. The largest absolute Gasteiger partial charge is 0.281 e. The molecule has 0 unspecified atom stereocenters. The van der Waals surface area contributed by atoms with Crippen molar-refractivity contribution in [2.75, 3.05) is 14.7 Å². The third-order valence-electron chi connectivity index (χ3n) is 9.30. The number of carbonyl (C=O) groups is 3. The number of anilines is 6. The van der Waals surface area contributed by atoms with Crippen molar-refractivity contribution in [2.24, 2.45) is 0 Å². The number of amides is 3. The highest BCUT2D eigenvalue weighted by Crippen LogP contribution is 2.44. The molecule has 0 aromatic heterocycles. The Labute approximate surface area is 316 Å². The highest BCUT2D eigenvalue weighted by Gasteiger charge is 2.27. The minimum absolute atomic E-state index is 0.236. The Balaban J connectivity index is 1.51. The first kappa shape index (κ1) is 35.4. The zero-order valence-electron chi connectivity index (χ0n) is 30.4. The van der Waals surface area contributed by atoms with E-state index in [0.29, 0.717) is 34.1 Å². The number of para-hydroxylation sites is 3. The van der Waals surface area contributed by atoms with E-state index in [0.717, 1.165) is 33.4 Å². The summed E-state index contributed by atoms with van der Waals surface area (Å²) in [7, 11) is 0. The zero-order valence-corrected chi connectivity index (χ0v) is 30.4. The third-order valence-corrected chi connectivity index (χ3v) is 9.30. The van der Waals surface area contributed by atoms with Crippen LogP contribution in [0.3, 0.4) is 0 Å². The van der Waals surface area contributed by atoms with Crippen LogP contribution < -0.4 is 14.7 Å². The van der Waals surface area contributed by atoms with Crippen LogP contribution in [0.2, 0.25) is 0 Å². The van der Waals surface area contributed by atoms with Gasteiger partial charge in [0.15, 0.2) is 0 Å². The molecule has 0 aliphatic carbocycles. The molecule has 7 aromatic carbocycles. The monoisotopic (exact) mass is 705 g/mol. The second kappa shape index (κ2) is 15.7. The molecule has 54 heavy (non-hydrogen) atoms. The first-order valence-corrected chi connectivity index (χ1v) is 17.8. The standard InChI is InChI=1S/C48H39N3O3/c1-34(52)49(46-28-16-13-25-43(46)37-19-7-4-8-20-37)40-31-41(50(35(2)53)47-29-17-14-26-44(47)38-21-9-5-10-22-38)33-42(32-40)51(36(3)54)48-30-18-15-27-45(48)39-23-11-6-12-24-39/h4-33H,1-3H3. The van der Waals surface area contributed by atoms with Crippen LogP contribution >= 0.6 is 0 Å². The van der Waals surface area contributed by atoms with Crippen molar-refractivity contribution >= 4 is 51.8 Å². The molecule has 0 aliphatic rings. The Morgan fingerprint density at radius 1 is 0.315 bits per heavy atom. The first-order valence-electron chi connectivity index (χ1n) is 17.8. The summed E-state index contributed by atoms with van der Waals surface area (Å²) in [6, 6.07) is 58.5.